The van der Waals surface area contributed by atoms with E-state index in [-0.39, 0.29) is 46.3 Å². The van der Waals surface area contributed by atoms with Gasteiger partial charge in [-0.2, -0.15) is 26.3 Å². The lowest BCUT2D eigenvalue weighted by molar-refractivity contribution is -0.384. The van der Waals surface area contributed by atoms with E-state index in [1.807, 2.05) is 0 Å². The molecule has 0 radical (unpaired) electrons. The van der Waals surface area contributed by atoms with Crippen LogP contribution in [-0.2, 0) is 24.3 Å². The first-order valence-electron chi connectivity index (χ1n) is 19.8. The molecule has 0 saturated heterocycles. The van der Waals surface area contributed by atoms with Gasteiger partial charge in [0.2, 0.25) is 11.2 Å². The van der Waals surface area contributed by atoms with Gasteiger partial charge in [0.15, 0.2) is 0 Å². The highest BCUT2D eigenvalue weighted by atomic mass is 19.4. The number of fused-ring (bicyclic) bond motifs is 2. The summed E-state index contributed by atoms with van der Waals surface area (Å²) < 4.78 is 99.6. The summed E-state index contributed by atoms with van der Waals surface area (Å²) in [6.07, 6.45) is -7.73. The number of non-ortho nitro benzene ring substituents is 2. The third kappa shape index (κ3) is 8.75. The average molecular weight is 913 g/mol. The van der Waals surface area contributed by atoms with Crippen molar-refractivity contribution in [1.29, 1.82) is 0 Å². The first kappa shape index (κ1) is 46.3. The van der Waals surface area contributed by atoms with Crippen molar-refractivity contribution in [3.63, 3.8) is 0 Å². The smallest absolute Gasteiger partial charge is 0.425 e. The van der Waals surface area contributed by atoms with Gasteiger partial charge in [0.1, 0.15) is 11.5 Å². The maximum absolute atomic E-state index is 14.4. The number of rotatable bonds is 12. The molecule has 8 aromatic rings. The van der Waals surface area contributed by atoms with E-state index >= 15 is 0 Å². The van der Waals surface area contributed by atoms with Gasteiger partial charge in [-0.15, -0.1) is 0 Å². The van der Waals surface area contributed by atoms with Crippen LogP contribution >= 0.6 is 0 Å². The molecular weight excluding hydrogens is 875 g/mol. The van der Waals surface area contributed by atoms with Gasteiger partial charge in [-0.3, -0.25) is 20.2 Å². The molecule has 0 aliphatic carbocycles. The molecule has 0 amide bonds. The maximum Gasteiger partial charge on any atom is 0.425 e. The summed E-state index contributed by atoms with van der Waals surface area (Å²) in [5.41, 5.74) is -6.87. The molecule has 2 N–H and O–H groups in total. The number of aromatic nitrogens is 2. The number of methoxy groups -OCH3 is 2. The normalized spacial score (nSPS) is 13.6. The third-order valence-corrected chi connectivity index (χ3v) is 11.2. The van der Waals surface area contributed by atoms with Crippen LogP contribution in [0.25, 0.3) is 21.8 Å². The Balaban J connectivity index is 0.000000196. The molecule has 6 aromatic carbocycles. The molecule has 0 saturated carbocycles. The predicted molar refractivity (Wildman–Crippen MR) is 232 cm³/mol. The molecule has 66 heavy (non-hydrogen) atoms. The molecule has 0 aliphatic heterocycles. The zero-order chi connectivity index (χ0) is 47.6. The Morgan fingerprint density at radius 2 is 0.848 bits per heavy atom. The van der Waals surface area contributed by atoms with Gasteiger partial charge in [-0.25, -0.2) is 0 Å². The van der Waals surface area contributed by atoms with Gasteiger partial charge < -0.3 is 28.8 Å². The maximum atomic E-state index is 14.4. The third-order valence-electron chi connectivity index (χ3n) is 11.2. The highest BCUT2D eigenvalue weighted by Crippen LogP contribution is 2.49. The monoisotopic (exact) mass is 912 g/mol. The lowest BCUT2D eigenvalue weighted by atomic mass is 9.85. The molecule has 2 unspecified atom stereocenters. The van der Waals surface area contributed by atoms with E-state index in [1.54, 1.807) is 60.7 Å². The molecule has 0 aliphatic rings. The largest absolute Gasteiger partial charge is 0.497 e. The molecule has 8 rings (SSSR count). The summed E-state index contributed by atoms with van der Waals surface area (Å²) in [4.78, 5) is 21.4. The van der Waals surface area contributed by atoms with Crippen molar-refractivity contribution in [2.75, 3.05) is 14.2 Å². The number of hydrogen-bond acceptors (Lipinski definition) is 8. The van der Waals surface area contributed by atoms with Crippen LogP contribution in [0.2, 0.25) is 0 Å². The van der Waals surface area contributed by atoms with E-state index in [0.717, 1.165) is 47.5 Å². The fourth-order valence-corrected chi connectivity index (χ4v) is 7.79. The van der Waals surface area contributed by atoms with Crippen LogP contribution in [-0.4, -0.2) is 55.8 Å². The Kier molecular flexibility index (Phi) is 12.7. The number of aliphatic hydroxyl groups is 2. The molecule has 0 spiro atoms. The summed E-state index contributed by atoms with van der Waals surface area (Å²) in [6.45, 7) is 0.324. The minimum Gasteiger partial charge on any atom is -0.497 e. The van der Waals surface area contributed by atoms with Gasteiger partial charge in [0, 0.05) is 71.6 Å². The summed E-state index contributed by atoms with van der Waals surface area (Å²) in [6, 6.07) is 35.0. The van der Waals surface area contributed by atoms with Gasteiger partial charge in [-0.1, -0.05) is 84.9 Å². The first-order chi connectivity index (χ1) is 31.3. The minimum atomic E-state index is -5.07. The molecule has 0 bridgehead atoms. The fourth-order valence-electron chi connectivity index (χ4n) is 7.79. The predicted octanol–water partition coefficient (Wildman–Crippen LogP) is 10.8. The molecule has 18 heteroatoms. The zero-order valence-electron chi connectivity index (χ0n) is 34.8. The Hall–Kier alpha value is -7.70. The van der Waals surface area contributed by atoms with E-state index in [1.165, 1.54) is 84.3 Å². The number of nitrogens with zero attached hydrogens (tertiary/aromatic N) is 4. The van der Waals surface area contributed by atoms with Gasteiger partial charge >= 0.3 is 12.4 Å². The van der Waals surface area contributed by atoms with E-state index in [0.29, 0.717) is 11.5 Å². The Bertz CT molecular complexity index is 2810. The van der Waals surface area contributed by atoms with Crippen LogP contribution in [0.4, 0.5) is 37.7 Å². The van der Waals surface area contributed by atoms with E-state index in [4.69, 9.17) is 9.47 Å². The average Bonchev–Trinajstić information content (AvgIpc) is 3.86. The van der Waals surface area contributed by atoms with Crippen molar-refractivity contribution < 1.29 is 55.9 Å². The summed E-state index contributed by atoms with van der Waals surface area (Å²) in [5.74, 6) is 0.677. The highest BCUT2D eigenvalue weighted by molar-refractivity contribution is 5.89. The fraction of sp³-hybridized carbons (Fsp3) is 0.167. The Morgan fingerprint density at radius 1 is 0.515 bits per heavy atom. The van der Waals surface area contributed by atoms with Crippen molar-refractivity contribution in [2.45, 2.75) is 36.6 Å². The van der Waals surface area contributed by atoms with Crippen LogP contribution < -0.4 is 9.47 Å². The summed E-state index contributed by atoms with van der Waals surface area (Å²) in [5, 5.41) is 45.1. The number of halogens is 6. The standard InChI is InChI=1S/2C24H19F3N2O4/c2*1-33-19-10-7-17(8-11-19)23(30,24(25,26)27)21-15-28(14-16-5-3-2-4-6-16)22-13-18(29(31)32)9-12-20(21)22/h2*2-13,15,30H,14H2,1H3. The number of nitro groups is 2. The molecule has 340 valence electrons. The topological polar surface area (TPSA) is 155 Å². The van der Waals surface area contributed by atoms with Crippen molar-refractivity contribution in [2.24, 2.45) is 0 Å². The van der Waals surface area contributed by atoms with Gasteiger partial charge in [-0.05, 0) is 58.7 Å². The summed E-state index contributed by atoms with van der Waals surface area (Å²) >= 11 is 0. The van der Waals surface area contributed by atoms with Crippen molar-refractivity contribution in [1.82, 2.24) is 9.13 Å². The molecule has 2 aromatic heterocycles. The van der Waals surface area contributed by atoms with E-state index in [2.05, 4.69) is 0 Å². The van der Waals surface area contributed by atoms with Gasteiger partial charge in [0.05, 0.1) is 35.1 Å². The highest BCUT2D eigenvalue weighted by Gasteiger charge is 2.58. The number of benzene rings is 6. The van der Waals surface area contributed by atoms with Crippen molar-refractivity contribution in [3.05, 3.63) is 212 Å². The second-order valence-corrected chi connectivity index (χ2v) is 15.1. The molecule has 0 fully saturated rings. The van der Waals surface area contributed by atoms with Crippen LogP contribution in [0.1, 0.15) is 33.4 Å². The van der Waals surface area contributed by atoms with Crippen LogP contribution in [0, 0.1) is 20.2 Å². The minimum absolute atomic E-state index is 0.0622. The molecule has 2 atom stereocenters. The van der Waals surface area contributed by atoms with Crippen LogP contribution in [0.5, 0.6) is 11.5 Å². The van der Waals surface area contributed by atoms with Crippen LogP contribution in [0.3, 0.4) is 0 Å². The first-order valence-corrected chi connectivity index (χ1v) is 19.8. The van der Waals surface area contributed by atoms with Crippen molar-refractivity contribution in [3.8, 4) is 11.5 Å². The second-order valence-electron chi connectivity index (χ2n) is 15.1. The lowest BCUT2D eigenvalue weighted by Crippen LogP contribution is -2.43. The summed E-state index contributed by atoms with van der Waals surface area (Å²) in [7, 11) is 2.77. The van der Waals surface area contributed by atoms with Gasteiger partial charge in [0.25, 0.3) is 11.4 Å². The molecule has 12 nitrogen and oxygen atoms in total. The second kappa shape index (κ2) is 18.1. The number of ether oxygens (including phenoxy) is 2. The number of nitro benzene ring substituents is 2. The van der Waals surface area contributed by atoms with E-state index < -0.39 is 55.7 Å². The van der Waals surface area contributed by atoms with E-state index in [9.17, 15) is 56.8 Å². The SMILES string of the molecule is COc1ccc(C(O)(c2cn(Cc3ccccc3)c3cc([N+](=O)[O-])ccc23)C(F)(F)F)cc1.COc1ccc(C(O)(c2cn(Cc3ccccc3)c3cc([N+](=O)[O-])ccc23)C(F)(F)F)cc1. The quantitative estimate of drug-likeness (QED) is 0.0697. The Morgan fingerprint density at radius 3 is 1.14 bits per heavy atom. The van der Waals surface area contributed by atoms with Crippen molar-refractivity contribution >= 4 is 33.2 Å². The molecule has 2 heterocycles. The number of hydrogen-bond donors (Lipinski definition) is 2. The van der Waals surface area contributed by atoms with Crippen LogP contribution in [0.15, 0.2) is 158 Å². The lowest BCUT2D eigenvalue weighted by Gasteiger charge is -2.31. The Labute approximate surface area is 371 Å². The molecular formula is C48H38F6N4O8. The zero-order valence-corrected chi connectivity index (χ0v) is 34.8. The number of alkyl halides is 6.